The van der Waals surface area contributed by atoms with E-state index in [-0.39, 0.29) is 5.82 Å². The maximum absolute atomic E-state index is 12.8. The highest BCUT2D eigenvalue weighted by Crippen LogP contribution is 2.28. The number of halogens is 1. The monoisotopic (exact) mass is 272 g/mol. The van der Waals surface area contributed by atoms with Crippen molar-refractivity contribution in [2.24, 2.45) is 0 Å². The molecule has 2 aromatic rings. The third-order valence-corrected chi connectivity index (χ3v) is 3.75. The second-order valence-corrected chi connectivity index (χ2v) is 5.07. The topological polar surface area (TPSA) is 36.4 Å². The minimum absolute atomic E-state index is 0.380. The summed E-state index contributed by atoms with van der Waals surface area (Å²) >= 11 is 0. The van der Waals surface area contributed by atoms with E-state index < -0.39 is 6.10 Å². The normalized spacial score (nSPS) is 15.2. The van der Waals surface area contributed by atoms with Gasteiger partial charge in [-0.15, -0.1) is 0 Å². The van der Waals surface area contributed by atoms with E-state index in [9.17, 15) is 9.50 Å². The van der Waals surface area contributed by atoms with Gasteiger partial charge in [-0.1, -0.05) is 18.2 Å². The molecule has 1 aliphatic rings. The number of anilines is 1. The van der Waals surface area contributed by atoms with Crippen LogP contribution >= 0.6 is 0 Å². The van der Waals surface area contributed by atoms with Crippen molar-refractivity contribution in [3.8, 4) is 0 Å². The van der Waals surface area contributed by atoms with E-state index in [2.05, 4.69) is 28.1 Å². The van der Waals surface area contributed by atoms with Gasteiger partial charge in [-0.2, -0.15) is 0 Å². The molecule has 3 rings (SSSR count). The third-order valence-electron chi connectivity index (χ3n) is 3.75. The van der Waals surface area contributed by atoms with Crippen LogP contribution < -0.4 is 4.90 Å². The van der Waals surface area contributed by atoms with E-state index in [1.54, 1.807) is 0 Å². The predicted molar refractivity (Wildman–Crippen MR) is 76.1 cm³/mol. The second-order valence-electron chi connectivity index (χ2n) is 5.07. The Labute approximate surface area is 117 Å². The van der Waals surface area contributed by atoms with Gasteiger partial charge in [0, 0.05) is 18.8 Å². The first kappa shape index (κ1) is 13.1. The van der Waals surface area contributed by atoms with E-state index in [0.29, 0.717) is 12.1 Å². The molecule has 104 valence electrons. The van der Waals surface area contributed by atoms with Gasteiger partial charge in [0.25, 0.3) is 0 Å². The first-order valence-electron chi connectivity index (χ1n) is 6.86. The maximum atomic E-state index is 12.8. The summed E-state index contributed by atoms with van der Waals surface area (Å²) in [4.78, 5) is 6.20. The number of para-hydroxylation sites is 1. The lowest BCUT2D eigenvalue weighted by Crippen LogP contribution is -2.23. The summed E-state index contributed by atoms with van der Waals surface area (Å²) in [6.45, 7) is 1.76. The summed E-state index contributed by atoms with van der Waals surface area (Å²) < 4.78 is 12.8. The highest BCUT2D eigenvalue weighted by Gasteiger charge is 2.19. The van der Waals surface area contributed by atoms with Gasteiger partial charge in [0.2, 0.25) is 0 Å². The molecule has 1 aliphatic heterocycles. The lowest BCUT2D eigenvalue weighted by molar-refractivity contribution is 0.164. The number of hydrogen-bond acceptors (Lipinski definition) is 3. The molecule has 3 nitrogen and oxygen atoms in total. The van der Waals surface area contributed by atoms with Crippen molar-refractivity contribution in [2.45, 2.75) is 18.9 Å². The molecule has 0 amide bonds. The first-order chi connectivity index (χ1) is 9.74. The number of pyridine rings is 1. The minimum atomic E-state index is -0.650. The Morgan fingerprint density at radius 1 is 1.25 bits per heavy atom. The van der Waals surface area contributed by atoms with Crippen molar-refractivity contribution in [1.82, 2.24) is 4.98 Å². The van der Waals surface area contributed by atoms with Gasteiger partial charge in [-0.25, -0.2) is 4.39 Å². The smallest absolute Gasteiger partial charge is 0.141 e. The van der Waals surface area contributed by atoms with E-state index >= 15 is 0 Å². The van der Waals surface area contributed by atoms with Crippen LogP contribution in [-0.2, 0) is 6.42 Å². The molecule has 0 bridgehead atoms. The zero-order valence-electron chi connectivity index (χ0n) is 11.2. The molecule has 0 saturated heterocycles. The van der Waals surface area contributed by atoms with Crippen LogP contribution in [0.4, 0.5) is 10.1 Å². The van der Waals surface area contributed by atoms with Crippen LogP contribution in [0.15, 0.2) is 42.6 Å². The van der Waals surface area contributed by atoms with Crippen molar-refractivity contribution in [3.05, 3.63) is 59.7 Å². The van der Waals surface area contributed by atoms with Crippen molar-refractivity contribution < 1.29 is 9.50 Å². The largest absolute Gasteiger partial charge is 0.387 e. The van der Waals surface area contributed by atoms with Gasteiger partial charge in [0.15, 0.2) is 0 Å². The molecule has 1 atom stereocenters. The lowest BCUT2D eigenvalue weighted by atomic mass is 10.1. The van der Waals surface area contributed by atoms with Crippen molar-refractivity contribution in [3.63, 3.8) is 0 Å². The predicted octanol–water partition coefficient (Wildman–Crippen LogP) is 2.71. The second kappa shape index (κ2) is 5.59. The molecule has 0 spiro atoms. The zero-order valence-corrected chi connectivity index (χ0v) is 11.2. The summed E-state index contributed by atoms with van der Waals surface area (Å²) in [6.07, 6.45) is 2.14. The summed E-state index contributed by atoms with van der Waals surface area (Å²) in [5.41, 5.74) is 3.15. The number of hydrogen-bond donors (Lipinski definition) is 1. The Morgan fingerprint density at radius 3 is 2.90 bits per heavy atom. The number of benzene rings is 1. The molecule has 4 heteroatoms. The van der Waals surface area contributed by atoms with Crippen LogP contribution in [-0.4, -0.2) is 23.2 Å². The Balaban J connectivity index is 1.62. The van der Waals surface area contributed by atoms with Gasteiger partial charge in [-0.05, 0) is 36.6 Å². The molecule has 1 unspecified atom stereocenters. The zero-order chi connectivity index (χ0) is 13.9. The van der Waals surface area contributed by atoms with Gasteiger partial charge < -0.3 is 10.0 Å². The fourth-order valence-corrected chi connectivity index (χ4v) is 2.65. The van der Waals surface area contributed by atoms with Crippen LogP contribution in [0.25, 0.3) is 0 Å². The molecule has 0 fully saturated rings. The number of rotatable bonds is 4. The van der Waals surface area contributed by atoms with Crippen LogP contribution in [0, 0.1) is 5.82 Å². The summed E-state index contributed by atoms with van der Waals surface area (Å²) in [5, 5.41) is 10.1. The molecule has 1 aromatic carbocycles. The van der Waals surface area contributed by atoms with Gasteiger partial charge >= 0.3 is 0 Å². The van der Waals surface area contributed by atoms with Crippen LogP contribution in [0.5, 0.6) is 0 Å². The molecule has 0 saturated carbocycles. The molecule has 0 radical (unpaired) electrons. The third kappa shape index (κ3) is 2.65. The average molecular weight is 272 g/mol. The molecular formula is C16H17FN2O. The van der Waals surface area contributed by atoms with Crippen molar-refractivity contribution in [1.29, 1.82) is 0 Å². The quantitative estimate of drug-likeness (QED) is 0.929. The van der Waals surface area contributed by atoms with Gasteiger partial charge in [-0.3, -0.25) is 4.98 Å². The van der Waals surface area contributed by atoms with E-state index in [4.69, 9.17) is 0 Å². The van der Waals surface area contributed by atoms with Crippen LogP contribution in [0.2, 0.25) is 0 Å². The van der Waals surface area contributed by atoms with E-state index in [0.717, 1.165) is 25.7 Å². The minimum Gasteiger partial charge on any atom is -0.387 e. The highest BCUT2D eigenvalue weighted by molar-refractivity contribution is 5.57. The molecule has 0 aliphatic carbocycles. The van der Waals surface area contributed by atoms with Crippen LogP contribution in [0.3, 0.4) is 0 Å². The Hall–Kier alpha value is -1.94. The van der Waals surface area contributed by atoms with Gasteiger partial charge in [0.05, 0.1) is 18.0 Å². The highest BCUT2D eigenvalue weighted by atomic mass is 19.1. The Morgan fingerprint density at radius 2 is 2.10 bits per heavy atom. The van der Waals surface area contributed by atoms with Crippen molar-refractivity contribution in [2.75, 3.05) is 18.0 Å². The van der Waals surface area contributed by atoms with E-state index in [1.165, 1.54) is 23.4 Å². The molecule has 1 N–H and O–H groups in total. The summed E-state index contributed by atoms with van der Waals surface area (Å²) in [7, 11) is 0. The van der Waals surface area contributed by atoms with Gasteiger partial charge in [0.1, 0.15) is 5.82 Å². The SMILES string of the molecule is OC(CCN1CCc2ccccc21)c1ccc(F)cn1. The molecular weight excluding hydrogens is 255 g/mol. The molecule has 1 aromatic heterocycles. The number of fused-ring (bicyclic) bond motifs is 1. The maximum Gasteiger partial charge on any atom is 0.141 e. The Kier molecular flexibility index (Phi) is 3.65. The van der Waals surface area contributed by atoms with Crippen molar-refractivity contribution >= 4 is 5.69 Å². The standard InChI is InChI=1S/C16H17FN2O/c17-13-5-6-14(18-11-13)16(20)8-10-19-9-7-12-3-1-2-4-15(12)19/h1-6,11,16,20H,7-10H2. The lowest BCUT2D eigenvalue weighted by Gasteiger charge is -2.21. The van der Waals surface area contributed by atoms with E-state index in [1.807, 2.05) is 6.07 Å². The average Bonchev–Trinajstić information content (AvgIpc) is 2.89. The number of nitrogens with zero attached hydrogens (tertiary/aromatic N) is 2. The summed E-state index contributed by atoms with van der Waals surface area (Å²) in [5.74, 6) is -0.380. The first-order valence-corrected chi connectivity index (χ1v) is 6.86. The fourth-order valence-electron chi connectivity index (χ4n) is 2.65. The van der Waals surface area contributed by atoms with Crippen LogP contribution in [0.1, 0.15) is 23.8 Å². The number of aromatic nitrogens is 1. The fraction of sp³-hybridized carbons (Fsp3) is 0.312. The molecule has 20 heavy (non-hydrogen) atoms. The number of aliphatic hydroxyl groups excluding tert-OH is 1. The molecule has 2 heterocycles. The summed E-state index contributed by atoms with van der Waals surface area (Å²) in [6, 6.07) is 11.2. The Bertz CT molecular complexity index is 585. The number of aliphatic hydroxyl groups is 1.